The third kappa shape index (κ3) is 2.88. The van der Waals surface area contributed by atoms with E-state index in [9.17, 15) is 0 Å². The second-order valence-electron chi connectivity index (χ2n) is 3.91. The van der Waals surface area contributed by atoms with Crippen LogP contribution in [0.5, 0.6) is 0 Å². The second kappa shape index (κ2) is 5.53. The lowest BCUT2D eigenvalue weighted by Gasteiger charge is -2.15. The van der Waals surface area contributed by atoms with E-state index >= 15 is 0 Å². The van der Waals surface area contributed by atoms with Crippen LogP contribution in [0.3, 0.4) is 0 Å². The van der Waals surface area contributed by atoms with Crippen LogP contribution in [-0.2, 0) is 13.5 Å². The summed E-state index contributed by atoms with van der Waals surface area (Å²) in [7, 11) is 1.89. The number of nitrogens with one attached hydrogen (secondary N) is 2. The van der Waals surface area contributed by atoms with E-state index < -0.39 is 0 Å². The fourth-order valence-corrected chi connectivity index (χ4v) is 1.67. The molecule has 0 radical (unpaired) electrons. The van der Waals surface area contributed by atoms with E-state index in [-0.39, 0.29) is 6.04 Å². The fourth-order valence-electron chi connectivity index (χ4n) is 1.67. The highest BCUT2D eigenvalue weighted by Gasteiger charge is 2.16. The van der Waals surface area contributed by atoms with E-state index in [4.69, 9.17) is 0 Å². The molecular formula is C10H17N7. The molecule has 2 aromatic heterocycles. The number of aromatic nitrogens is 6. The van der Waals surface area contributed by atoms with Crippen LogP contribution < -0.4 is 5.32 Å². The molecular weight excluding hydrogens is 218 g/mol. The molecule has 0 spiro atoms. The van der Waals surface area contributed by atoms with Gasteiger partial charge in [0.2, 0.25) is 0 Å². The second-order valence-corrected chi connectivity index (χ2v) is 3.91. The van der Waals surface area contributed by atoms with Crippen molar-refractivity contribution in [2.24, 2.45) is 7.05 Å². The first-order chi connectivity index (χ1) is 8.31. The van der Waals surface area contributed by atoms with Gasteiger partial charge in [-0.25, -0.2) is 4.98 Å². The van der Waals surface area contributed by atoms with Gasteiger partial charge in [0.25, 0.3) is 0 Å². The first-order valence-electron chi connectivity index (χ1n) is 5.73. The average Bonchev–Trinajstić information content (AvgIpc) is 2.96. The van der Waals surface area contributed by atoms with Gasteiger partial charge in [0.05, 0.1) is 17.9 Å². The summed E-state index contributed by atoms with van der Waals surface area (Å²) < 4.78 is 1.78. The number of hydrogen-bond donors (Lipinski definition) is 2. The van der Waals surface area contributed by atoms with Gasteiger partial charge in [0.1, 0.15) is 12.2 Å². The largest absolute Gasteiger partial charge is 0.308 e. The average molecular weight is 235 g/mol. The Morgan fingerprint density at radius 3 is 3.00 bits per heavy atom. The van der Waals surface area contributed by atoms with Crippen LogP contribution >= 0.6 is 0 Å². The number of aromatic amines is 1. The number of nitrogens with zero attached hydrogens (tertiary/aromatic N) is 5. The van der Waals surface area contributed by atoms with Crippen molar-refractivity contribution < 1.29 is 0 Å². The van der Waals surface area contributed by atoms with Gasteiger partial charge in [-0.05, 0) is 13.0 Å². The van der Waals surface area contributed by atoms with Crippen molar-refractivity contribution in [1.82, 2.24) is 35.5 Å². The molecule has 0 fully saturated rings. The Labute approximate surface area is 99.6 Å². The molecule has 0 aliphatic heterocycles. The molecule has 2 aromatic rings. The van der Waals surface area contributed by atoms with Crippen LogP contribution in [0.4, 0.5) is 0 Å². The van der Waals surface area contributed by atoms with Crippen molar-refractivity contribution in [1.29, 1.82) is 0 Å². The van der Waals surface area contributed by atoms with Gasteiger partial charge >= 0.3 is 0 Å². The van der Waals surface area contributed by atoms with Gasteiger partial charge in [-0.15, -0.1) is 0 Å². The Morgan fingerprint density at radius 2 is 2.41 bits per heavy atom. The molecule has 92 valence electrons. The molecule has 0 aliphatic carbocycles. The maximum atomic E-state index is 4.23. The molecule has 17 heavy (non-hydrogen) atoms. The highest BCUT2D eigenvalue weighted by atomic mass is 15.3. The van der Waals surface area contributed by atoms with Crippen LogP contribution in [0.2, 0.25) is 0 Å². The third-order valence-electron chi connectivity index (χ3n) is 2.62. The lowest BCUT2D eigenvalue weighted by molar-refractivity contribution is 0.496. The van der Waals surface area contributed by atoms with Crippen LogP contribution in [0.1, 0.15) is 30.9 Å². The van der Waals surface area contributed by atoms with Crippen LogP contribution in [0.15, 0.2) is 12.5 Å². The monoisotopic (exact) mass is 235 g/mol. The van der Waals surface area contributed by atoms with Crippen LogP contribution in [0.25, 0.3) is 0 Å². The third-order valence-corrected chi connectivity index (χ3v) is 2.62. The topological polar surface area (TPSA) is 84.3 Å². The van der Waals surface area contributed by atoms with E-state index in [1.165, 1.54) is 0 Å². The van der Waals surface area contributed by atoms with E-state index in [0.29, 0.717) is 0 Å². The van der Waals surface area contributed by atoms with Crippen molar-refractivity contribution in [3.8, 4) is 0 Å². The molecule has 1 unspecified atom stereocenters. The lowest BCUT2D eigenvalue weighted by Crippen LogP contribution is -2.25. The van der Waals surface area contributed by atoms with Crippen molar-refractivity contribution >= 4 is 0 Å². The zero-order valence-corrected chi connectivity index (χ0v) is 10.1. The molecule has 0 amide bonds. The molecule has 7 heteroatoms. The zero-order valence-electron chi connectivity index (χ0n) is 10.1. The Kier molecular flexibility index (Phi) is 3.81. The highest BCUT2D eigenvalue weighted by molar-refractivity contribution is 5.04. The molecule has 1 atom stereocenters. The molecule has 2 heterocycles. The predicted molar refractivity (Wildman–Crippen MR) is 62.1 cm³/mol. The van der Waals surface area contributed by atoms with Crippen LogP contribution in [0, 0.1) is 0 Å². The van der Waals surface area contributed by atoms with Crippen molar-refractivity contribution in [2.45, 2.75) is 25.8 Å². The summed E-state index contributed by atoms with van der Waals surface area (Å²) in [5.74, 6) is 0.932. The summed E-state index contributed by atoms with van der Waals surface area (Å²) in [5, 5.41) is 18.1. The van der Waals surface area contributed by atoms with E-state index in [1.54, 1.807) is 17.2 Å². The van der Waals surface area contributed by atoms with Gasteiger partial charge in [0.15, 0.2) is 0 Å². The summed E-state index contributed by atoms with van der Waals surface area (Å²) in [6.07, 6.45) is 5.13. The minimum atomic E-state index is 0.122. The van der Waals surface area contributed by atoms with Gasteiger partial charge in [-0.2, -0.15) is 20.5 Å². The first kappa shape index (κ1) is 11.7. The van der Waals surface area contributed by atoms with E-state index in [1.807, 2.05) is 7.05 Å². The van der Waals surface area contributed by atoms with Crippen molar-refractivity contribution in [2.75, 3.05) is 6.54 Å². The molecule has 0 aromatic carbocycles. The number of hydrogen-bond acceptors (Lipinski definition) is 5. The molecule has 2 N–H and O–H groups in total. The summed E-state index contributed by atoms with van der Waals surface area (Å²) >= 11 is 0. The molecule has 0 saturated heterocycles. The minimum Gasteiger partial charge on any atom is -0.308 e. The van der Waals surface area contributed by atoms with Crippen LogP contribution in [-0.4, -0.2) is 36.7 Å². The van der Waals surface area contributed by atoms with Gasteiger partial charge in [0, 0.05) is 13.5 Å². The lowest BCUT2D eigenvalue weighted by atomic mass is 10.1. The fraction of sp³-hybridized carbons (Fsp3) is 0.600. The van der Waals surface area contributed by atoms with Gasteiger partial charge in [-0.1, -0.05) is 6.92 Å². The minimum absolute atomic E-state index is 0.122. The smallest absolute Gasteiger partial charge is 0.138 e. The SMILES string of the molecule is CCCNC(Cc1ncnn1C)c1cn[nH]n1. The van der Waals surface area contributed by atoms with Crippen molar-refractivity contribution in [3.05, 3.63) is 24.0 Å². The molecule has 0 aliphatic rings. The molecule has 7 nitrogen and oxygen atoms in total. The Hall–Kier alpha value is -1.76. The Bertz CT molecular complexity index is 433. The first-order valence-corrected chi connectivity index (χ1v) is 5.73. The maximum Gasteiger partial charge on any atom is 0.138 e. The molecule has 2 rings (SSSR count). The number of aryl methyl sites for hydroxylation is 1. The Morgan fingerprint density at radius 1 is 1.53 bits per heavy atom. The van der Waals surface area contributed by atoms with Gasteiger partial charge < -0.3 is 5.32 Å². The van der Waals surface area contributed by atoms with Crippen molar-refractivity contribution in [3.63, 3.8) is 0 Å². The summed E-state index contributed by atoms with van der Waals surface area (Å²) in [4.78, 5) is 4.23. The predicted octanol–water partition coefficient (Wildman–Crippen LogP) is 0.217. The summed E-state index contributed by atoms with van der Waals surface area (Å²) in [6.45, 7) is 3.07. The van der Waals surface area contributed by atoms with E-state index in [2.05, 4.69) is 37.7 Å². The quantitative estimate of drug-likeness (QED) is 0.748. The standard InChI is InChI=1S/C10H17N7/c1-3-4-11-8(9-6-13-16-15-9)5-10-12-7-14-17(10)2/h6-8,11H,3-5H2,1-2H3,(H,13,15,16). The highest BCUT2D eigenvalue weighted by Crippen LogP contribution is 2.13. The number of H-pyrrole nitrogens is 1. The zero-order chi connectivity index (χ0) is 12.1. The maximum absolute atomic E-state index is 4.23. The van der Waals surface area contributed by atoms with E-state index in [0.717, 1.165) is 30.9 Å². The summed E-state index contributed by atoms with van der Waals surface area (Å²) in [5.41, 5.74) is 0.904. The Balaban J connectivity index is 2.08. The normalized spacial score (nSPS) is 12.8. The summed E-state index contributed by atoms with van der Waals surface area (Å²) in [6, 6.07) is 0.122. The molecule has 0 saturated carbocycles. The molecule has 0 bridgehead atoms. The van der Waals surface area contributed by atoms with Gasteiger partial charge in [-0.3, -0.25) is 4.68 Å². The number of rotatable bonds is 6.